The van der Waals surface area contributed by atoms with E-state index in [4.69, 9.17) is 4.55 Å². The molecule has 0 heterocycles. The van der Waals surface area contributed by atoms with Crippen LogP contribution in [-0.4, -0.2) is 14.5 Å². The summed E-state index contributed by atoms with van der Waals surface area (Å²) in [6.07, 6.45) is 3.39. The van der Waals surface area contributed by atoms with Crippen LogP contribution < -0.4 is 0 Å². The molecule has 1 aliphatic rings. The Morgan fingerprint density at radius 1 is 1.67 bits per heavy atom. The molecule has 1 fully saturated rings. The lowest BCUT2D eigenvalue weighted by molar-refractivity contribution is 0.522. The third kappa shape index (κ3) is 2.45. The molecule has 1 atom stereocenters. The van der Waals surface area contributed by atoms with Crippen LogP contribution in [0.2, 0.25) is 0 Å². The molecule has 1 aliphatic carbocycles. The second-order valence-corrected chi connectivity index (χ2v) is 4.14. The Morgan fingerprint density at radius 3 is 2.56 bits per heavy atom. The van der Waals surface area contributed by atoms with Crippen molar-refractivity contribution >= 4 is 11.1 Å². The van der Waals surface area contributed by atoms with E-state index in [-0.39, 0.29) is 0 Å². The summed E-state index contributed by atoms with van der Waals surface area (Å²) in [6, 6.07) is 0. The van der Waals surface area contributed by atoms with Crippen LogP contribution in [-0.2, 0) is 11.1 Å². The van der Waals surface area contributed by atoms with Gasteiger partial charge in [-0.3, -0.25) is 0 Å². The van der Waals surface area contributed by atoms with E-state index in [0.717, 1.165) is 6.42 Å². The summed E-state index contributed by atoms with van der Waals surface area (Å²) < 4.78 is 18.6. The molecule has 0 spiro atoms. The van der Waals surface area contributed by atoms with Gasteiger partial charge in [-0.2, -0.15) is 0 Å². The molecule has 0 amide bonds. The van der Waals surface area contributed by atoms with E-state index in [2.05, 4.69) is 6.92 Å². The smallest absolute Gasteiger partial charge is 0.152 e. The monoisotopic (exact) mass is 148 g/mol. The Labute approximate surface area is 57.9 Å². The molecule has 0 bridgehead atoms. The van der Waals surface area contributed by atoms with Crippen molar-refractivity contribution in [3.63, 3.8) is 0 Å². The quantitative estimate of drug-likeness (QED) is 0.614. The van der Waals surface area contributed by atoms with Gasteiger partial charge in [-0.05, 0) is 24.7 Å². The maximum Gasteiger partial charge on any atom is 0.152 e. The second-order valence-electron chi connectivity index (χ2n) is 3.09. The molecule has 1 rings (SSSR count). The van der Waals surface area contributed by atoms with E-state index in [1.807, 2.05) is 0 Å². The van der Waals surface area contributed by atoms with Crippen LogP contribution in [0.25, 0.3) is 0 Å². The van der Waals surface area contributed by atoms with Gasteiger partial charge in [0.1, 0.15) is 0 Å². The zero-order valence-corrected chi connectivity index (χ0v) is 6.41. The fourth-order valence-electron chi connectivity index (χ4n) is 0.797. The second kappa shape index (κ2) is 2.39. The fraction of sp³-hybridized carbons (Fsp3) is 1.00. The fourth-order valence-corrected chi connectivity index (χ4v) is 1.46. The highest BCUT2D eigenvalue weighted by molar-refractivity contribution is 7.79. The summed E-state index contributed by atoms with van der Waals surface area (Å²) >= 11 is -1.57. The summed E-state index contributed by atoms with van der Waals surface area (Å²) in [7, 11) is 0. The van der Waals surface area contributed by atoms with Gasteiger partial charge in [0.2, 0.25) is 0 Å². The zero-order chi connectivity index (χ0) is 6.91. The summed E-state index contributed by atoms with van der Waals surface area (Å²) in [4.78, 5) is 0. The van der Waals surface area contributed by atoms with Gasteiger partial charge in [-0.25, -0.2) is 4.21 Å². The third-order valence-corrected chi connectivity index (χ3v) is 2.54. The molecule has 0 saturated heterocycles. The van der Waals surface area contributed by atoms with Crippen molar-refractivity contribution in [2.75, 3.05) is 5.75 Å². The number of hydrogen-bond donors (Lipinski definition) is 1. The molecular formula is C6H12O2S. The van der Waals surface area contributed by atoms with Crippen LogP contribution in [0.1, 0.15) is 26.2 Å². The zero-order valence-electron chi connectivity index (χ0n) is 5.59. The van der Waals surface area contributed by atoms with E-state index in [9.17, 15) is 4.21 Å². The predicted octanol–water partition coefficient (Wildman–Crippen LogP) is 1.40. The average Bonchev–Trinajstić information content (AvgIpc) is 2.45. The predicted molar refractivity (Wildman–Crippen MR) is 37.6 cm³/mol. The lowest BCUT2D eigenvalue weighted by Crippen LogP contribution is -2.01. The van der Waals surface area contributed by atoms with Crippen LogP contribution in [0.5, 0.6) is 0 Å². The first-order valence-corrected chi connectivity index (χ1v) is 4.47. The SMILES string of the molecule is CC1(CCS(=O)O)CC1. The van der Waals surface area contributed by atoms with Gasteiger partial charge in [-0.1, -0.05) is 6.92 Å². The highest BCUT2D eigenvalue weighted by Crippen LogP contribution is 2.47. The summed E-state index contributed by atoms with van der Waals surface area (Å²) in [5.74, 6) is 0.455. The molecule has 0 aromatic carbocycles. The van der Waals surface area contributed by atoms with Gasteiger partial charge in [0.25, 0.3) is 0 Å². The van der Waals surface area contributed by atoms with Crippen molar-refractivity contribution in [1.29, 1.82) is 0 Å². The van der Waals surface area contributed by atoms with E-state index < -0.39 is 11.1 Å². The summed E-state index contributed by atoms with van der Waals surface area (Å²) in [5.41, 5.74) is 0.429. The van der Waals surface area contributed by atoms with Crippen LogP contribution in [0.3, 0.4) is 0 Å². The Morgan fingerprint density at radius 2 is 2.22 bits per heavy atom. The van der Waals surface area contributed by atoms with Crippen LogP contribution in [0.15, 0.2) is 0 Å². The standard InChI is InChI=1S/C6H12O2S/c1-6(2-3-6)4-5-9(7)8/h2-5H2,1H3,(H,7,8). The molecule has 2 nitrogen and oxygen atoms in total. The normalized spacial score (nSPS) is 25.6. The van der Waals surface area contributed by atoms with Crippen molar-refractivity contribution in [3.05, 3.63) is 0 Å². The van der Waals surface area contributed by atoms with Gasteiger partial charge in [0, 0.05) is 5.75 Å². The van der Waals surface area contributed by atoms with Crippen LogP contribution in [0, 0.1) is 5.41 Å². The first kappa shape index (κ1) is 7.22. The average molecular weight is 148 g/mol. The summed E-state index contributed by atoms with van der Waals surface area (Å²) in [6.45, 7) is 2.17. The Kier molecular flexibility index (Phi) is 1.91. The van der Waals surface area contributed by atoms with E-state index >= 15 is 0 Å². The van der Waals surface area contributed by atoms with Gasteiger partial charge in [0.15, 0.2) is 11.1 Å². The van der Waals surface area contributed by atoms with E-state index in [1.54, 1.807) is 0 Å². The highest BCUT2D eigenvalue weighted by Gasteiger charge is 2.36. The Hall–Kier alpha value is 0.110. The molecule has 1 saturated carbocycles. The topological polar surface area (TPSA) is 37.3 Å². The molecule has 3 heteroatoms. The number of hydrogen-bond acceptors (Lipinski definition) is 1. The largest absolute Gasteiger partial charge is 0.306 e. The van der Waals surface area contributed by atoms with Crippen molar-refractivity contribution in [2.24, 2.45) is 5.41 Å². The molecular weight excluding hydrogens is 136 g/mol. The maximum absolute atomic E-state index is 10.2. The lowest BCUT2D eigenvalue weighted by Gasteiger charge is -2.02. The van der Waals surface area contributed by atoms with Crippen molar-refractivity contribution in [3.8, 4) is 0 Å². The molecule has 1 unspecified atom stereocenters. The van der Waals surface area contributed by atoms with Crippen molar-refractivity contribution < 1.29 is 8.76 Å². The van der Waals surface area contributed by atoms with Gasteiger partial charge in [0.05, 0.1) is 0 Å². The van der Waals surface area contributed by atoms with Crippen LogP contribution >= 0.6 is 0 Å². The molecule has 1 N–H and O–H groups in total. The van der Waals surface area contributed by atoms with Gasteiger partial charge < -0.3 is 4.55 Å². The Bertz CT molecular complexity index is 129. The van der Waals surface area contributed by atoms with E-state index in [1.165, 1.54) is 12.8 Å². The first-order chi connectivity index (χ1) is 4.12. The minimum absolute atomic E-state index is 0.429. The molecule has 0 aliphatic heterocycles. The van der Waals surface area contributed by atoms with E-state index in [0.29, 0.717) is 11.2 Å². The first-order valence-electron chi connectivity index (χ1n) is 3.20. The van der Waals surface area contributed by atoms with Crippen LogP contribution in [0.4, 0.5) is 0 Å². The summed E-state index contributed by atoms with van der Waals surface area (Å²) in [5, 5.41) is 0. The minimum atomic E-state index is -1.57. The number of rotatable bonds is 3. The third-order valence-electron chi connectivity index (χ3n) is 1.98. The minimum Gasteiger partial charge on any atom is -0.306 e. The molecule has 0 aromatic heterocycles. The molecule has 0 aromatic rings. The van der Waals surface area contributed by atoms with Crippen molar-refractivity contribution in [2.45, 2.75) is 26.2 Å². The molecule has 0 radical (unpaired) electrons. The lowest BCUT2D eigenvalue weighted by atomic mass is 10.1. The highest BCUT2D eigenvalue weighted by atomic mass is 32.2. The van der Waals surface area contributed by atoms with Gasteiger partial charge in [-0.15, -0.1) is 0 Å². The molecule has 9 heavy (non-hydrogen) atoms. The maximum atomic E-state index is 10.2. The Balaban J connectivity index is 2.12. The van der Waals surface area contributed by atoms with Gasteiger partial charge >= 0.3 is 0 Å². The molecule has 54 valence electrons. The van der Waals surface area contributed by atoms with Crippen molar-refractivity contribution in [1.82, 2.24) is 0 Å².